The van der Waals surface area contributed by atoms with Crippen LogP contribution < -0.4 is 10.4 Å². The summed E-state index contributed by atoms with van der Waals surface area (Å²) in [6.45, 7) is 4.42. The standard InChI is InChI=1S/C17H20IOSi.C3H9Ge/c1-14(18)13-15(2)19-20(16-9-5-3-6-10-16)17-11-7-4-8-12-17;1-4(2)3/h3-12,14-15H,13H2,1-2H3;1-3H3/t14-,15-;/m1./s1. The normalized spacial score (nSPS) is 13.3. The van der Waals surface area contributed by atoms with Crippen molar-refractivity contribution in [2.24, 2.45) is 0 Å². The van der Waals surface area contributed by atoms with Crippen LogP contribution >= 0.6 is 22.6 Å². The first kappa shape index (κ1) is 21.9. The van der Waals surface area contributed by atoms with E-state index in [2.05, 4.69) is 114 Å². The van der Waals surface area contributed by atoms with E-state index >= 15 is 0 Å². The van der Waals surface area contributed by atoms with Crippen molar-refractivity contribution in [1.82, 2.24) is 0 Å². The van der Waals surface area contributed by atoms with Crippen molar-refractivity contribution in [2.45, 2.75) is 47.6 Å². The molecular formula is C20H29GeIOSi. The van der Waals surface area contributed by atoms with Gasteiger partial charge in [0.05, 0.1) is 0 Å². The number of benzene rings is 2. The SMILES string of the molecule is C[C@H](C[C@@H](C)I)O[Si](c1ccccc1)c1ccccc1.[CH3][Ge]([CH3])[CH3]. The first-order valence-corrected chi connectivity index (χ1v) is 17.4. The molecule has 0 spiro atoms. The van der Waals surface area contributed by atoms with E-state index in [1.54, 1.807) is 0 Å². The molecule has 4 heteroatoms. The number of halogens is 1. The van der Waals surface area contributed by atoms with Crippen LogP contribution in [0.15, 0.2) is 60.7 Å². The molecule has 0 aliphatic rings. The van der Waals surface area contributed by atoms with Crippen LogP contribution in [0, 0.1) is 0 Å². The van der Waals surface area contributed by atoms with Gasteiger partial charge >= 0.3 is 31.6 Å². The zero-order valence-corrected chi connectivity index (χ0v) is 20.7. The third kappa shape index (κ3) is 9.39. The summed E-state index contributed by atoms with van der Waals surface area (Å²) in [6, 6.07) is 21.2. The zero-order chi connectivity index (χ0) is 17.9. The summed E-state index contributed by atoms with van der Waals surface area (Å²) >= 11 is 2.13. The van der Waals surface area contributed by atoms with Gasteiger partial charge in [0.25, 0.3) is 9.04 Å². The Morgan fingerprint density at radius 3 is 1.58 bits per heavy atom. The topological polar surface area (TPSA) is 9.23 Å². The third-order valence-corrected chi connectivity index (χ3v) is 5.91. The molecule has 0 saturated heterocycles. The van der Waals surface area contributed by atoms with E-state index in [1.165, 1.54) is 10.4 Å². The fourth-order valence-electron chi connectivity index (χ4n) is 2.19. The van der Waals surface area contributed by atoms with Gasteiger partial charge < -0.3 is 4.43 Å². The molecule has 0 saturated carbocycles. The second-order valence-corrected chi connectivity index (χ2v) is 17.0. The molecule has 2 rings (SSSR count). The molecular weight excluding hydrogens is 484 g/mol. The van der Waals surface area contributed by atoms with Gasteiger partial charge in [-0.1, -0.05) is 90.2 Å². The van der Waals surface area contributed by atoms with Gasteiger partial charge in [-0.05, 0) is 23.7 Å². The summed E-state index contributed by atoms with van der Waals surface area (Å²) < 4.78 is 7.07. The predicted molar refractivity (Wildman–Crippen MR) is 120 cm³/mol. The van der Waals surface area contributed by atoms with Gasteiger partial charge in [0.15, 0.2) is 0 Å². The van der Waals surface area contributed by atoms with Gasteiger partial charge in [-0.3, -0.25) is 0 Å². The number of rotatable bonds is 6. The quantitative estimate of drug-likeness (QED) is 0.307. The monoisotopic (exact) mass is 514 g/mol. The van der Waals surface area contributed by atoms with E-state index in [9.17, 15) is 0 Å². The number of alkyl halides is 1. The van der Waals surface area contributed by atoms with E-state index in [0.717, 1.165) is 6.42 Å². The van der Waals surface area contributed by atoms with Crippen molar-refractivity contribution in [2.75, 3.05) is 0 Å². The Morgan fingerprint density at radius 2 is 1.25 bits per heavy atom. The summed E-state index contributed by atoms with van der Waals surface area (Å²) in [7, 11) is -1.15. The van der Waals surface area contributed by atoms with Crippen molar-refractivity contribution < 1.29 is 4.43 Å². The second-order valence-electron chi connectivity index (χ2n) is 6.51. The Kier molecular flexibility index (Phi) is 11.2. The number of hydrogen-bond acceptors (Lipinski definition) is 1. The van der Waals surface area contributed by atoms with E-state index in [0.29, 0.717) is 3.92 Å². The molecule has 130 valence electrons. The van der Waals surface area contributed by atoms with Crippen LogP contribution in [-0.2, 0) is 4.43 Å². The zero-order valence-electron chi connectivity index (χ0n) is 15.4. The molecule has 0 fully saturated rings. The first-order chi connectivity index (χ1) is 11.4. The summed E-state index contributed by atoms with van der Waals surface area (Å²) in [5, 5.41) is 2.63. The van der Waals surface area contributed by atoms with Gasteiger partial charge in [0, 0.05) is 10.0 Å². The van der Waals surface area contributed by atoms with Crippen LogP contribution in [0.4, 0.5) is 0 Å². The minimum atomic E-state index is -1.15. The minimum absolute atomic E-state index is 0.288. The molecule has 0 amide bonds. The van der Waals surface area contributed by atoms with E-state index in [-0.39, 0.29) is 20.5 Å². The van der Waals surface area contributed by atoms with Crippen LogP contribution in [0.3, 0.4) is 0 Å². The molecule has 0 unspecified atom stereocenters. The van der Waals surface area contributed by atoms with Gasteiger partial charge in [-0.15, -0.1) is 0 Å². The van der Waals surface area contributed by atoms with Gasteiger partial charge in [-0.2, -0.15) is 0 Å². The van der Waals surface area contributed by atoms with Crippen LogP contribution in [-0.4, -0.2) is 33.4 Å². The van der Waals surface area contributed by atoms with Crippen molar-refractivity contribution in [3.63, 3.8) is 0 Å². The van der Waals surface area contributed by atoms with E-state index in [1.807, 2.05) is 0 Å². The van der Waals surface area contributed by atoms with Crippen molar-refractivity contribution >= 4 is 56.4 Å². The molecule has 2 aromatic rings. The Balaban J connectivity index is 0.000000648. The average Bonchev–Trinajstić information content (AvgIpc) is 2.53. The second kappa shape index (κ2) is 12.3. The summed E-state index contributed by atoms with van der Waals surface area (Å²) in [5.41, 5.74) is 0. The average molecular weight is 513 g/mol. The molecule has 2 aromatic carbocycles. The Bertz CT molecular complexity index is 506. The molecule has 0 heterocycles. The van der Waals surface area contributed by atoms with Crippen LogP contribution in [0.1, 0.15) is 20.3 Å². The van der Waals surface area contributed by atoms with E-state index in [4.69, 9.17) is 4.43 Å². The number of hydrogen-bond donors (Lipinski definition) is 0. The fraction of sp³-hybridized carbons (Fsp3) is 0.400. The molecule has 0 N–H and O–H groups in total. The van der Waals surface area contributed by atoms with Crippen molar-refractivity contribution in [1.29, 1.82) is 0 Å². The molecule has 2 atom stereocenters. The molecule has 0 bridgehead atoms. The molecule has 24 heavy (non-hydrogen) atoms. The summed E-state index contributed by atoms with van der Waals surface area (Å²) in [4.78, 5) is 0. The first-order valence-electron chi connectivity index (χ1n) is 8.45. The maximum atomic E-state index is 6.43. The van der Waals surface area contributed by atoms with Gasteiger partial charge in [0.1, 0.15) is 0 Å². The van der Waals surface area contributed by atoms with Gasteiger partial charge in [0.2, 0.25) is 0 Å². The predicted octanol–water partition coefficient (Wildman–Crippen LogP) is 4.78. The van der Waals surface area contributed by atoms with E-state index < -0.39 is 9.04 Å². The van der Waals surface area contributed by atoms with Crippen LogP contribution in [0.2, 0.25) is 17.3 Å². The Morgan fingerprint density at radius 1 is 0.875 bits per heavy atom. The molecule has 0 aliphatic carbocycles. The third-order valence-electron chi connectivity index (χ3n) is 3.05. The molecule has 0 aliphatic heterocycles. The van der Waals surface area contributed by atoms with Crippen LogP contribution in [0.5, 0.6) is 0 Å². The summed E-state index contributed by atoms with van der Waals surface area (Å²) in [5.74, 6) is 7.00. The van der Waals surface area contributed by atoms with Crippen LogP contribution in [0.25, 0.3) is 0 Å². The van der Waals surface area contributed by atoms with Crippen molar-refractivity contribution in [3.8, 4) is 0 Å². The molecule has 1 nitrogen and oxygen atoms in total. The Hall–Kier alpha value is -0.110. The van der Waals surface area contributed by atoms with Gasteiger partial charge in [-0.25, -0.2) is 0 Å². The maximum absolute atomic E-state index is 6.43. The Labute approximate surface area is 168 Å². The molecule has 2 radical (unpaired) electrons. The summed E-state index contributed by atoms with van der Waals surface area (Å²) in [6.07, 6.45) is 1.38. The fourth-order valence-corrected chi connectivity index (χ4v) is 5.00. The molecule has 0 aromatic heterocycles. The van der Waals surface area contributed by atoms with Crippen molar-refractivity contribution in [3.05, 3.63) is 60.7 Å².